The number of aryl methyl sites for hydroxylation is 1. The van der Waals surface area contributed by atoms with Gasteiger partial charge in [-0.2, -0.15) is 5.10 Å². The van der Waals surface area contributed by atoms with E-state index in [1.807, 2.05) is 6.92 Å². The molecule has 7 heteroatoms. The Labute approximate surface area is 138 Å². The van der Waals surface area contributed by atoms with Crippen LogP contribution in [0.15, 0.2) is 36.7 Å². The minimum absolute atomic E-state index is 0.333. The number of hydrogen-bond donors (Lipinski definition) is 1. The molecule has 0 aliphatic rings. The molecular weight excluding hydrogens is 311 g/mol. The van der Waals surface area contributed by atoms with Gasteiger partial charge in [0.25, 0.3) is 0 Å². The number of fused-ring (bicyclic) bond motifs is 1. The Hall–Kier alpha value is -2.96. The third-order valence-electron chi connectivity index (χ3n) is 3.64. The molecule has 0 radical (unpaired) electrons. The zero-order chi connectivity index (χ0) is 17.1. The zero-order valence-corrected chi connectivity index (χ0v) is 13.4. The van der Waals surface area contributed by atoms with E-state index in [1.54, 1.807) is 22.9 Å². The number of rotatable bonds is 5. The molecule has 0 unspecified atom stereocenters. The summed E-state index contributed by atoms with van der Waals surface area (Å²) < 4.78 is 20.6. The predicted molar refractivity (Wildman–Crippen MR) is 88.8 cm³/mol. The van der Waals surface area contributed by atoms with Crippen molar-refractivity contribution in [3.05, 3.63) is 48.0 Å². The molecule has 0 aliphatic heterocycles. The molecule has 0 aliphatic carbocycles. The number of ether oxygens (including phenoxy) is 1. The van der Waals surface area contributed by atoms with Gasteiger partial charge in [0.15, 0.2) is 5.82 Å². The first-order valence-electron chi connectivity index (χ1n) is 7.60. The van der Waals surface area contributed by atoms with E-state index < -0.39 is 5.97 Å². The molecule has 0 spiro atoms. The molecule has 0 fully saturated rings. The smallest absolute Gasteiger partial charge is 0.340 e. The van der Waals surface area contributed by atoms with E-state index in [-0.39, 0.29) is 5.82 Å². The van der Waals surface area contributed by atoms with Crippen LogP contribution in [-0.2, 0) is 11.3 Å². The molecule has 0 amide bonds. The fraction of sp³-hybridized carbons (Fsp3) is 0.235. The number of aromatic nitrogens is 3. The molecule has 24 heavy (non-hydrogen) atoms. The van der Waals surface area contributed by atoms with Gasteiger partial charge in [-0.05, 0) is 24.6 Å². The van der Waals surface area contributed by atoms with Gasteiger partial charge in [-0.25, -0.2) is 9.18 Å². The number of para-hydroxylation sites is 1. The number of halogens is 1. The highest BCUT2D eigenvalue weighted by Gasteiger charge is 2.17. The number of hydrogen-bond acceptors (Lipinski definition) is 5. The van der Waals surface area contributed by atoms with Gasteiger partial charge >= 0.3 is 5.97 Å². The fourth-order valence-electron chi connectivity index (χ4n) is 2.57. The zero-order valence-electron chi connectivity index (χ0n) is 13.4. The first-order chi connectivity index (χ1) is 11.7. The molecule has 3 rings (SSSR count). The number of nitrogens with one attached hydrogen (secondary N) is 1. The second-order valence-electron chi connectivity index (χ2n) is 5.25. The van der Waals surface area contributed by atoms with Crippen LogP contribution >= 0.6 is 0 Å². The van der Waals surface area contributed by atoms with Crippen molar-refractivity contribution in [2.24, 2.45) is 0 Å². The Morgan fingerprint density at radius 2 is 2.21 bits per heavy atom. The molecule has 0 saturated heterocycles. The summed E-state index contributed by atoms with van der Waals surface area (Å²) in [6, 6.07) is 6.38. The topological polar surface area (TPSA) is 69.0 Å². The van der Waals surface area contributed by atoms with E-state index in [1.165, 1.54) is 25.6 Å². The molecule has 0 saturated carbocycles. The third-order valence-corrected chi connectivity index (χ3v) is 3.64. The molecule has 2 heterocycles. The first-order valence-corrected chi connectivity index (χ1v) is 7.60. The highest BCUT2D eigenvalue weighted by molar-refractivity contribution is 5.98. The summed E-state index contributed by atoms with van der Waals surface area (Å²) in [5, 5.41) is 8.16. The molecule has 2 aromatic heterocycles. The predicted octanol–water partition coefficient (Wildman–Crippen LogP) is 3.51. The first kappa shape index (κ1) is 15.9. The molecule has 1 aromatic carbocycles. The maximum atomic E-state index is 14.2. The normalized spacial score (nSPS) is 10.8. The summed E-state index contributed by atoms with van der Waals surface area (Å²) in [7, 11) is 1.31. The van der Waals surface area contributed by atoms with Crippen molar-refractivity contribution in [2.75, 3.05) is 12.4 Å². The lowest BCUT2D eigenvalue weighted by Crippen LogP contribution is -2.06. The Morgan fingerprint density at radius 1 is 1.38 bits per heavy atom. The number of benzene rings is 1. The largest absolute Gasteiger partial charge is 0.465 e. The Balaban J connectivity index is 2.09. The van der Waals surface area contributed by atoms with Gasteiger partial charge in [0.05, 0.1) is 24.6 Å². The Kier molecular flexibility index (Phi) is 4.41. The SMILES string of the molecule is CCCn1nc(Nc2cnccc2C(=O)OC)c2cccc(F)c21. The van der Waals surface area contributed by atoms with Crippen LogP contribution in [0.5, 0.6) is 0 Å². The molecular formula is C17H17FN4O2. The van der Waals surface area contributed by atoms with Crippen LogP contribution in [0.4, 0.5) is 15.9 Å². The van der Waals surface area contributed by atoms with Crippen molar-refractivity contribution in [2.45, 2.75) is 19.9 Å². The lowest BCUT2D eigenvalue weighted by atomic mass is 10.2. The summed E-state index contributed by atoms with van der Waals surface area (Å²) in [5.41, 5.74) is 1.23. The van der Waals surface area contributed by atoms with Gasteiger partial charge in [-0.15, -0.1) is 0 Å². The second-order valence-corrected chi connectivity index (χ2v) is 5.25. The van der Waals surface area contributed by atoms with E-state index in [0.717, 1.165) is 6.42 Å². The number of nitrogens with zero attached hydrogens (tertiary/aromatic N) is 3. The minimum Gasteiger partial charge on any atom is -0.465 e. The molecule has 0 atom stereocenters. The van der Waals surface area contributed by atoms with Crippen molar-refractivity contribution in [3.63, 3.8) is 0 Å². The number of esters is 1. The van der Waals surface area contributed by atoms with Crippen molar-refractivity contribution in [3.8, 4) is 0 Å². The van der Waals surface area contributed by atoms with Crippen LogP contribution < -0.4 is 5.32 Å². The summed E-state index contributed by atoms with van der Waals surface area (Å²) >= 11 is 0. The molecule has 0 bridgehead atoms. The molecule has 3 aromatic rings. The van der Waals surface area contributed by atoms with Gasteiger partial charge < -0.3 is 10.1 Å². The van der Waals surface area contributed by atoms with E-state index >= 15 is 0 Å². The standard InChI is InChI=1S/C17H17FN4O2/c1-3-9-22-15-12(5-4-6-13(15)18)16(21-22)20-14-10-19-8-7-11(14)17(23)24-2/h4-8,10H,3,9H2,1-2H3,(H,20,21). The Morgan fingerprint density at radius 3 is 2.96 bits per heavy atom. The van der Waals surface area contributed by atoms with E-state index in [0.29, 0.717) is 34.5 Å². The fourth-order valence-corrected chi connectivity index (χ4v) is 2.57. The van der Waals surface area contributed by atoms with E-state index in [2.05, 4.69) is 15.4 Å². The van der Waals surface area contributed by atoms with Crippen LogP contribution in [0.2, 0.25) is 0 Å². The monoisotopic (exact) mass is 328 g/mol. The molecule has 1 N–H and O–H groups in total. The average molecular weight is 328 g/mol. The minimum atomic E-state index is -0.483. The number of methoxy groups -OCH3 is 1. The van der Waals surface area contributed by atoms with Crippen molar-refractivity contribution < 1.29 is 13.9 Å². The van der Waals surface area contributed by atoms with Crippen LogP contribution in [0.1, 0.15) is 23.7 Å². The summed E-state index contributed by atoms with van der Waals surface area (Å²) in [6.45, 7) is 2.59. The van der Waals surface area contributed by atoms with Gasteiger partial charge in [0, 0.05) is 18.1 Å². The Bertz CT molecular complexity index is 891. The number of anilines is 2. The van der Waals surface area contributed by atoms with Gasteiger partial charge in [0.1, 0.15) is 11.3 Å². The number of carbonyl (C=O) groups is 1. The van der Waals surface area contributed by atoms with Gasteiger partial charge in [-0.1, -0.05) is 13.0 Å². The quantitative estimate of drug-likeness (QED) is 0.726. The summed E-state index contributed by atoms with van der Waals surface area (Å²) in [6.07, 6.45) is 3.84. The van der Waals surface area contributed by atoms with Crippen molar-refractivity contribution in [1.29, 1.82) is 0 Å². The van der Waals surface area contributed by atoms with Crippen LogP contribution in [0.3, 0.4) is 0 Å². The number of pyridine rings is 1. The second kappa shape index (κ2) is 6.66. The maximum absolute atomic E-state index is 14.2. The van der Waals surface area contributed by atoms with Crippen molar-refractivity contribution in [1.82, 2.24) is 14.8 Å². The van der Waals surface area contributed by atoms with Crippen LogP contribution in [-0.4, -0.2) is 27.8 Å². The maximum Gasteiger partial charge on any atom is 0.340 e. The molecule has 6 nitrogen and oxygen atoms in total. The van der Waals surface area contributed by atoms with Gasteiger partial charge in [-0.3, -0.25) is 9.67 Å². The van der Waals surface area contributed by atoms with E-state index in [4.69, 9.17) is 4.74 Å². The van der Waals surface area contributed by atoms with E-state index in [9.17, 15) is 9.18 Å². The van der Waals surface area contributed by atoms with Crippen LogP contribution in [0.25, 0.3) is 10.9 Å². The van der Waals surface area contributed by atoms with Gasteiger partial charge in [0.2, 0.25) is 0 Å². The lowest BCUT2D eigenvalue weighted by molar-refractivity contribution is 0.0602. The lowest BCUT2D eigenvalue weighted by Gasteiger charge is -2.08. The highest BCUT2D eigenvalue weighted by atomic mass is 19.1. The molecule has 124 valence electrons. The third kappa shape index (κ3) is 2.80. The average Bonchev–Trinajstić information content (AvgIpc) is 2.94. The highest BCUT2D eigenvalue weighted by Crippen LogP contribution is 2.29. The van der Waals surface area contributed by atoms with Crippen molar-refractivity contribution >= 4 is 28.4 Å². The summed E-state index contributed by atoms with van der Waals surface area (Å²) in [5.74, 6) is -0.347. The van der Waals surface area contributed by atoms with Crippen LogP contribution in [0, 0.1) is 5.82 Å². The summed E-state index contributed by atoms with van der Waals surface area (Å²) in [4.78, 5) is 15.9. The number of carbonyl (C=O) groups excluding carboxylic acids is 1.